The van der Waals surface area contributed by atoms with Crippen molar-refractivity contribution in [3.63, 3.8) is 0 Å². The second kappa shape index (κ2) is 9.15. The second-order valence-corrected chi connectivity index (χ2v) is 9.50. The first-order valence-corrected chi connectivity index (χ1v) is 12.1. The Morgan fingerprint density at radius 1 is 1.00 bits per heavy atom. The van der Waals surface area contributed by atoms with Gasteiger partial charge in [0.2, 0.25) is 17.8 Å². The summed E-state index contributed by atoms with van der Waals surface area (Å²) in [5, 5.41) is 9.43. The molecule has 11 nitrogen and oxygen atoms in total. The molecule has 4 aromatic rings. The van der Waals surface area contributed by atoms with Crippen molar-refractivity contribution < 1.29 is 9.59 Å². The molecule has 0 saturated carbocycles. The molecule has 184 valence electrons. The number of benzene rings is 2. The Hall–Kier alpha value is -4.12. The van der Waals surface area contributed by atoms with E-state index in [0.717, 1.165) is 54.1 Å². The zero-order valence-corrected chi connectivity index (χ0v) is 19.8. The lowest BCUT2D eigenvalue weighted by Crippen LogP contribution is -2.55. The molecule has 4 heterocycles. The van der Waals surface area contributed by atoms with Crippen molar-refractivity contribution in [2.45, 2.75) is 6.54 Å². The summed E-state index contributed by atoms with van der Waals surface area (Å²) >= 11 is 0. The monoisotopic (exact) mass is 485 g/mol. The van der Waals surface area contributed by atoms with Gasteiger partial charge < -0.3 is 15.5 Å². The van der Waals surface area contributed by atoms with Crippen LogP contribution < -0.4 is 10.6 Å². The molecule has 2 aromatic heterocycles. The number of rotatable bonds is 6. The van der Waals surface area contributed by atoms with Gasteiger partial charge in [0, 0.05) is 68.9 Å². The van der Waals surface area contributed by atoms with Crippen molar-refractivity contribution in [3.8, 4) is 0 Å². The number of piperazine rings is 1. The SMILES string of the molecule is NC(=O)c1ccc2nnn(CC3CN(CC(=O)N4CCN(c5ncc6ccccc6n5)CC4)C3)c2c1. The van der Waals surface area contributed by atoms with Crippen LogP contribution in [0.25, 0.3) is 21.9 Å². The molecular formula is C25H27N9O2. The summed E-state index contributed by atoms with van der Waals surface area (Å²) in [6.45, 7) is 5.54. The summed E-state index contributed by atoms with van der Waals surface area (Å²) in [6.07, 6.45) is 1.86. The lowest BCUT2D eigenvalue weighted by atomic mass is 10.00. The number of carbonyl (C=O) groups is 2. The van der Waals surface area contributed by atoms with E-state index in [9.17, 15) is 9.59 Å². The number of anilines is 1. The Kier molecular flexibility index (Phi) is 5.68. The number of amides is 2. The number of fused-ring (bicyclic) bond motifs is 2. The van der Waals surface area contributed by atoms with Gasteiger partial charge in [-0.2, -0.15) is 0 Å². The van der Waals surface area contributed by atoms with Gasteiger partial charge in [-0.1, -0.05) is 23.4 Å². The number of carbonyl (C=O) groups excluding carboxylic acids is 2. The molecule has 0 radical (unpaired) electrons. The maximum absolute atomic E-state index is 12.9. The van der Waals surface area contributed by atoms with Crippen molar-refractivity contribution in [1.82, 2.24) is 34.8 Å². The van der Waals surface area contributed by atoms with Gasteiger partial charge in [0.15, 0.2) is 0 Å². The van der Waals surface area contributed by atoms with Gasteiger partial charge in [-0.15, -0.1) is 5.10 Å². The van der Waals surface area contributed by atoms with E-state index in [1.54, 1.807) is 18.2 Å². The topological polar surface area (TPSA) is 126 Å². The zero-order chi connectivity index (χ0) is 24.6. The van der Waals surface area contributed by atoms with Crippen LogP contribution in [0.5, 0.6) is 0 Å². The highest BCUT2D eigenvalue weighted by Gasteiger charge is 2.31. The molecule has 36 heavy (non-hydrogen) atoms. The average Bonchev–Trinajstić information content (AvgIpc) is 3.29. The smallest absolute Gasteiger partial charge is 0.248 e. The van der Waals surface area contributed by atoms with E-state index in [1.165, 1.54) is 0 Å². The molecule has 0 unspecified atom stereocenters. The molecule has 2 aromatic carbocycles. The molecule has 0 bridgehead atoms. The van der Waals surface area contributed by atoms with Crippen molar-refractivity contribution in [3.05, 3.63) is 54.2 Å². The fourth-order valence-corrected chi connectivity index (χ4v) is 4.98. The molecule has 2 saturated heterocycles. The molecule has 2 N–H and O–H groups in total. The Morgan fingerprint density at radius 2 is 1.81 bits per heavy atom. The summed E-state index contributed by atoms with van der Waals surface area (Å²) < 4.78 is 1.82. The van der Waals surface area contributed by atoms with E-state index < -0.39 is 5.91 Å². The number of hydrogen-bond donors (Lipinski definition) is 1. The quantitative estimate of drug-likeness (QED) is 0.424. The summed E-state index contributed by atoms with van der Waals surface area (Å²) in [6, 6.07) is 13.1. The van der Waals surface area contributed by atoms with E-state index in [-0.39, 0.29) is 5.91 Å². The lowest BCUT2D eigenvalue weighted by Gasteiger charge is -2.41. The Morgan fingerprint density at radius 3 is 2.61 bits per heavy atom. The van der Waals surface area contributed by atoms with E-state index in [4.69, 9.17) is 5.73 Å². The number of likely N-dealkylation sites (tertiary alicyclic amines) is 1. The highest BCUT2D eigenvalue weighted by atomic mass is 16.2. The largest absolute Gasteiger partial charge is 0.366 e. The van der Waals surface area contributed by atoms with Gasteiger partial charge in [0.25, 0.3) is 0 Å². The number of nitrogens with zero attached hydrogens (tertiary/aromatic N) is 8. The molecule has 6 rings (SSSR count). The lowest BCUT2D eigenvalue weighted by molar-refractivity contribution is -0.134. The molecule has 2 fully saturated rings. The molecule has 2 aliphatic rings. The minimum Gasteiger partial charge on any atom is -0.366 e. The number of primary amides is 1. The Bertz CT molecular complexity index is 1440. The maximum Gasteiger partial charge on any atom is 0.248 e. The predicted molar refractivity (Wildman–Crippen MR) is 134 cm³/mol. The van der Waals surface area contributed by atoms with Gasteiger partial charge in [-0.3, -0.25) is 14.5 Å². The van der Waals surface area contributed by atoms with Crippen LogP contribution >= 0.6 is 0 Å². The maximum atomic E-state index is 12.9. The fourth-order valence-electron chi connectivity index (χ4n) is 4.98. The summed E-state index contributed by atoms with van der Waals surface area (Å²) in [5.74, 6) is 0.783. The fraction of sp³-hybridized carbons (Fsp3) is 0.360. The number of para-hydroxylation sites is 1. The van der Waals surface area contributed by atoms with Crippen molar-refractivity contribution in [1.29, 1.82) is 0 Å². The van der Waals surface area contributed by atoms with E-state index in [0.29, 0.717) is 37.7 Å². The number of aromatic nitrogens is 5. The van der Waals surface area contributed by atoms with Crippen molar-refractivity contribution in [2.24, 2.45) is 11.7 Å². The van der Waals surface area contributed by atoms with E-state index in [1.807, 2.05) is 40.0 Å². The highest BCUT2D eigenvalue weighted by Crippen LogP contribution is 2.21. The first-order chi connectivity index (χ1) is 17.5. The predicted octanol–water partition coefficient (Wildman–Crippen LogP) is 0.754. The van der Waals surface area contributed by atoms with Crippen LogP contribution in [-0.2, 0) is 11.3 Å². The molecule has 2 amide bonds. The van der Waals surface area contributed by atoms with Gasteiger partial charge >= 0.3 is 0 Å². The standard InChI is InChI=1S/C25H27N9O2/c26-24(36)18-5-6-21-22(11-18)34(30-29-21)15-17-13-31(14-17)16-23(35)32-7-9-33(10-8-32)25-27-12-19-3-1-2-4-20(19)28-25/h1-6,11-12,17H,7-10,13-16H2,(H2,26,36). The van der Waals surface area contributed by atoms with Gasteiger partial charge in [0.1, 0.15) is 5.52 Å². The minimum absolute atomic E-state index is 0.157. The van der Waals surface area contributed by atoms with E-state index >= 15 is 0 Å². The molecular weight excluding hydrogens is 458 g/mol. The number of nitrogens with two attached hydrogens (primary N) is 1. The van der Waals surface area contributed by atoms with Crippen LogP contribution in [0, 0.1) is 5.92 Å². The van der Waals surface area contributed by atoms with Crippen LogP contribution in [0.4, 0.5) is 5.95 Å². The third-order valence-corrected chi connectivity index (χ3v) is 7.01. The number of hydrogen-bond acceptors (Lipinski definition) is 8. The molecule has 11 heteroatoms. The molecule has 0 atom stereocenters. The molecule has 0 spiro atoms. The first kappa shape index (κ1) is 22.4. The normalized spacial score (nSPS) is 17.0. The van der Waals surface area contributed by atoms with Crippen LogP contribution in [0.3, 0.4) is 0 Å². The zero-order valence-electron chi connectivity index (χ0n) is 19.8. The van der Waals surface area contributed by atoms with Crippen LogP contribution in [0.2, 0.25) is 0 Å². The summed E-state index contributed by atoms with van der Waals surface area (Å²) in [5.41, 5.74) is 8.32. The summed E-state index contributed by atoms with van der Waals surface area (Å²) in [4.78, 5) is 39.8. The molecule has 2 aliphatic heterocycles. The van der Waals surface area contributed by atoms with Crippen LogP contribution in [-0.4, -0.2) is 92.4 Å². The molecule has 0 aliphatic carbocycles. The van der Waals surface area contributed by atoms with Crippen LogP contribution in [0.1, 0.15) is 10.4 Å². The van der Waals surface area contributed by atoms with Crippen LogP contribution in [0.15, 0.2) is 48.7 Å². The first-order valence-electron chi connectivity index (χ1n) is 12.1. The third kappa shape index (κ3) is 4.33. The summed E-state index contributed by atoms with van der Waals surface area (Å²) in [7, 11) is 0. The van der Waals surface area contributed by atoms with Crippen molar-refractivity contribution in [2.75, 3.05) is 50.7 Å². The van der Waals surface area contributed by atoms with Gasteiger partial charge in [-0.25, -0.2) is 14.6 Å². The Labute approximate surface area is 207 Å². The van der Waals surface area contributed by atoms with E-state index in [2.05, 4.69) is 30.1 Å². The minimum atomic E-state index is -0.469. The highest BCUT2D eigenvalue weighted by molar-refractivity contribution is 5.96. The van der Waals surface area contributed by atoms with Gasteiger partial charge in [0.05, 0.1) is 17.6 Å². The third-order valence-electron chi connectivity index (χ3n) is 7.01. The average molecular weight is 486 g/mol. The van der Waals surface area contributed by atoms with Gasteiger partial charge in [-0.05, 0) is 24.3 Å². The second-order valence-electron chi connectivity index (χ2n) is 9.50. The Balaban J connectivity index is 0.988. The van der Waals surface area contributed by atoms with Crippen molar-refractivity contribution >= 4 is 39.7 Å².